The zero-order valence-corrected chi connectivity index (χ0v) is 22.8. The summed E-state index contributed by atoms with van der Waals surface area (Å²) in [6.45, 7) is 6.31. The second-order valence-electron chi connectivity index (χ2n) is 9.89. The van der Waals surface area contributed by atoms with E-state index in [1.54, 1.807) is 26.2 Å². The van der Waals surface area contributed by atoms with Crippen LogP contribution < -0.4 is 20.3 Å². The fraction of sp³-hybridized carbons (Fsp3) is 0.250. The van der Waals surface area contributed by atoms with Crippen LogP contribution in [0.25, 0.3) is 22.1 Å². The number of carbonyl (C=O) groups excluding carboxylic acids is 1. The van der Waals surface area contributed by atoms with Crippen LogP contribution in [0, 0.1) is 18.6 Å². The summed E-state index contributed by atoms with van der Waals surface area (Å²) in [5.41, 5.74) is 1.79. The third-order valence-corrected chi connectivity index (χ3v) is 7.05. The molecule has 14 heteroatoms. The molecule has 6 rings (SSSR count). The first-order valence-corrected chi connectivity index (χ1v) is 13.2. The smallest absolute Gasteiger partial charge is 0.243 e. The summed E-state index contributed by atoms with van der Waals surface area (Å²) >= 11 is 0. The topological polar surface area (TPSA) is 136 Å². The molecule has 2 aromatic carbocycles. The van der Waals surface area contributed by atoms with Crippen molar-refractivity contribution in [3.8, 4) is 11.5 Å². The van der Waals surface area contributed by atoms with E-state index >= 15 is 4.39 Å². The fourth-order valence-corrected chi connectivity index (χ4v) is 4.93. The summed E-state index contributed by atoms with van der Waals surface area (Å²) in [4.78, 5) is 31.5. The second kappa shape index (κ2) is 11.0. The molecule has 42 heavy (non-hydrogen) atoms. The maximum Gasteiger partial charge on any atom is 0.243 e. The number of hydrogen-bond donors (Lipinski definition) is 2. The van der Waals surface area contributed by atoms with Gasteiger partial charge in [-0.3, -0.25) is 4.79 Å². The van der Waals surface area contributed by atoms with E-state index in [0.29, 0.717) is 41.4 Å². The van der Waals surface area contributed by atoms with Gasteiger partial charge < -0.3 is 20.3 Å². The molecule has 1 atom stereocenters. The Labute approximate surface area is 238 Å². The maximum atomic E-state index is 15.6. The summed E-state index contributed by atoms with van der Waals surface area (Å²) in [6, 6.07) is 5.76. The molecule has 0 unspecified atom stereocenters. The third-order valence-electron chi connectivity index (χ3n) is 7.05. The molecule has 214 valence electrons. The lowest BCUT2D eigenvalue weighted by molar-refractivity contribution is -0.117. The minimum Gasteiger partial charge on any atom is -0.457 e. The first-order valence-electron chi connectivity index (χ1n) is 13.2. The van der Waals surface area contributed by atoms with E-state index in [4.69, 9.17) is 4.74 Å². The lowest BCUT2D eigenvalue weighted by atomic mass is 10.1. The van der Waals surface area contributed by atoms with Crippen LogP contribution in [-0.4, -0.2) is 60.0 Å². The average molecular weight is 573 g/mol. The largest absolute Gasteiger partial charge is 0.457 e. The second-order valence-corrected chi connectivity index (χ2v) is 9.89. The SMILES string of the molecule is C=CC(=O)N[C@@H]1CCCN(c2ncc3ncnc(Nc4ccc(Oc5cc(F)c6c(c5)nnn6C)c(C)c4F)c3n2)C1. The van der Waals surface area contributed by atoms with Crippen molar-refractivity contribution in [1.29, 1.82) is 0 Å². The third kappa shape index (κ3) is 5.13. The van der Waals surface area contributed by atoms with Crippen LogP contribution in [0.4, 0.5) is 26.2 Å². The Kier molecular flexibility index (Phi) is 7.02. The summed E-state index contributed by atoms with van der Waals surface area (Å²) in [5.74, 6) is -0.241. The van der Waals surface area contributed by atoms with E-state index in [2.05, 4.69) is 47.5 Å². The monoisotopic (exact) mass is 572 g/mol. The molecule has 5 aromatic rings. The molecular weight excluding hydrogens is 546 g/mol. The molecule has 12 nitrogen and oxygen atoms in total. The minimum atomic E-state index is -0.577. The van der Waals surface area contributed by atoms with Gasteiger partial charge in [0.1, 0.15) is 39.9 Å². The van der Waals surface area contributed by atoms with Gasteiger partial charge >= 0.3 is 0 Å². The van der Waals surface area contributed by atoms with E-state index in [0.717, 1.165) is 12.8 Å². The quantitative estimate of drug-likeness (QED) is 0.275. The number of benzene rings is 2. The van der Waals surface area contributed by atoms with E-state index < -0.39 is 11.6 Å². The fourth-order valence-electron chi connectivity index (χ4n) is 4.93. The van der Waals surface area contributed by atoms with Crippen LogP contribution in [0.3, 0.4) is 0 Å². The Morgan fingerprint density at radius 1 is 1.19 bits per heavy atom. The number of aromatic nitrogens is 7. The minimum absolute atomic E-state index is 0.0648. The summed E-state index contributed by atoms with van der Waals surface area (Å²) in [6.07, 6.45) is 5.86. The van der Waals surface area contributed by atoms with Gasteiger partial charge in [-0.25, -0.2) is 33.4 Å². The molecule has 0 bridgehead atoms. The highest BCUT2D eigenvalue weighted by Gasteiger charge is 2.24. The molecule has 4 heterocycles. The van der Waals surface area contributed by atoms with E-state index in [1.165, 1.54) is 35.3 Å². The van der Waals surface area contributed by atoms with Crippen LogP contribution in [0.2, 0.25) is 0 Å². The van der Waals surface area contributed by atoms with Gasteiger partial charge in [-0.15, -0.1) is 5.10 Å². The van der Waals surface area contributed by atoms with Crippen LogP contribution in [0.5, 0.6) is 11.5 Å². The van der Waals surface area contributed by atoms with Gasteiger partial charge in [0, 0.05) is 43.9 Å². The molecular formula is C28H26F2N10O2. The van der Waals surface area contributed by atoms with Crippen LogP contribution in [0.15, 0.2) is 49.4 Å². The molecule has 0 spiro atoms. The summed E-state index contributed by atoms with van der Waals surface area (Å²) in [5, 5.41) is 13.7. The highest BCUT2D eigenvalue weighted by molar-refractivity contribution is 5.88. The molecule has 1 amide bonds. The number of piperidine rings is 1. The Morgan fingerprint density at radius 2 is 2.05 bits per heavy atom. The number of carbonyl (C=O) groups is 1. The van der Waals surface area contributed by atoms with Gasteiger partial charge in [0.15, 0.2) is 17.5 Å². The molecule has 1 fully saturated rings. The van der Waals surface area contributed by atoms with Crippen molar-refractivity contribution in [3.63, 3.8) is 0 Å². The van der Waals surface area contributed by atoms with Crippen molar-refractivity contribution in [1.82, 2.24) is 40.2 Å². The maximum absolute atomic E-state index is 15.6. The van der Waals surface area contributed by atoms with Crippen molar-refractivity contribution in [3.05, 3.63) is 66.6 Å². The van der Waals surface area contributed by atoms with Gasteiger partial charge in [-0.05, 0) is 38.0 Å². The molecule has 0 aliphatic carbocycles. The number of nitrogens with zero attached hydrogens (tertiary/aromatic N) is 8. The van der Waals surface area contributed by atoms with Crippen molar-refractivity contribution in [2.75, 3.05) is 23.3 Å². The lowest BCUT2D eigenvalue weighted by Gasteiger charge is -2.33. The lowest BCUT2D eigenvalue weighted by Crippen LogP contribution is -2.47. The molecule has 3 aromatic heterocycles. The van der Waals surface area contributed by atoms with Gasteiger partial charge in [0.05, 0.1) is 11.9 Å². The number of rotatable bonds is 7. The molecule has 1 saturated heterocycles. The van der Waals surface area contributed by atoms with Gasteiger partial charge in [0.2, 0.25) is 11.9 Å². The van der Waals surface area contributed by atoms with Crippen LogP contribution in [0.1, 0.15) is 18.4 Å². The first-order chi connectivity index (χ1) is 20.3. The number of ether oxygens (including phenoxy) is 1. The summed E-state index contributed by atoms with van der Waals surface area (Å²) in [7, 11) is 1.59. The van der Waals surface area contributed by atoms with Crippen molar-refractivity contribution < 1.29 is 18.3 Å². The normalized spacial score (nSPS) is 15.1. The number of aryl methyl sites for hydroxylation is 1. The number of hydrogen-bond acceptors (Lipinski definition) is 10. The zero-order chi connectivity index (χ0) is 29.4. The number of fused-ring (bicyclic) bond motifs is 2. The Bertz CT molecular complexity index is 1840. The highest BCUT2D eigenvalue weighted by Crippen LogP contribution is 2.34. The first kappa shape index (κ1) is 26.9. The van der Waals surface area contributed by atoms with Crippen molar-refractivity contribution in [2.45, 2.75) is 25.8 Å². The Morgan fingerprint density at radius 3 is 2.88 bits per heavy atom. The standard InChI is InChI=1S/C28H26F2N10O2/c1-4-23(41)34-16-6-5-9-40(13-16)28-31-12-21-25(36-28)27(33-14-32-21)35-19-7-8-22(15(2)24(19)30)42-17-10-18(29)26-20(11-17)37-38-39(26)3/h4,7-8,10-12,14,16H,1,5-6,9,13H2,2-3H3,(H,34,41)(H,32,33,35)/t16-/m1/s1. The Balaban J connectivity index is 1.25. The highest BCUT2D eigenvalue weighted by atomic mass is 19.1. The van der Waals surface area contributed by atoms with Crippen molar-refractivity contribution >= 4 is 45.4 Å². The molecule has 1 aliphatic rings. The predicted octanol–water partition coefficient (Wildman–Crippen LogP) is 4.10. The average Bonchev–Trinajstić information content (AvgIpc) is 3.37. The van der Waals surface area contributed by atoms with Crippen LogP contribution >= 0.6 is 0 Å². The van der Waals surface area contributed by atoms with E-state index in [1.807, 2.05) is 4.90 Å². The van der Waals surface area contributed by atoms with Gasteiger partial charge in [-0.1, -0.05) is 11.8 Å². The molecule has 1 aliphatic heterocycles. The zero-order valence-electron chi connectivity index (χ0n) is 22.8. The predicted molar refractivity (Wildman–Crippen MR) is 152 cm³/mol. The van der Waals surface area contributed by atoms with Crippen molar-refractivity contribution in [2.24, 2.45) is 7.05 Å². The van der Waals surface area contributed by atoms with Gasteiger partial charge in [0.25, 0.3) is 0 Å². The van der Waals surface area contributed by atoms with E-state index in [-0.39, 0.29) is 40.2 Å². The molecule has 0 radical (unpaired) electrons. The van der Waals surface area contributed by atoms with E-state index in [9.17, 15) is 9.18 Å². The number of anilines is 3. The Hall–Kier alpha value is -5.27. The number of halogens is 2. The molecule has 2 N–H and O–H groups in total. The number of amides is 1. The van der Waals surface area contributed by atoms with Crippen LogP contribution in [-0.2, 0) is 11.8 Å². The van der Waals surface area contributed by atoms with Gasteiger partial charge in [-0.2, -0.15) is 0 Å². The number of nitrogens with one attached hydrogen (secondary N) is 2. The molecule has 0 saturated carbocycles. The summed E-state index contributed by atoms with van der Waals surface area (Å²) < 4.78 is 37.3.